The number of nitrogens with one attached hydrogen (secondary N) is 1. The summed E-state index contributed by atoms with van der Waals surface area (Å²) in [5.74, 6) is -1.46. The molecule has 8 nitrogen and oxygen atoms in total. The van der Waals surface area contributed by atoms with Gasteiger partial charge in [0.1, 0.15) is 0 Å². The molecule has 1 aliphatic heterocycles. The quantitative estimate of drug-likeness (QED) is 0.482. The molecule has 0 bridgehead atoms. The molecule has 1 saturated heterocycles. The van der Waals surface area contributed by atoms with Crippen molar-refractivity contribution in [3.63, 3.8) is 0 Å². The third-order valence-electron chi connectivity index (χ3n) is 1.90. The molecule has 20 heavy (non-hydrogen) atoms. The highest BCUT2D eigenvalue weighted by atomic mass is 32.2. The number of amides is 1. The number of carbonyl (C=O) groups is 4. The van der Waals surface area contributed by atoms with Crippen LogP contribution in [0.1, 0.15) is 6.42 Å². The number of hydrogen-bond donors (Lipinski definition) is 4. The van der Waals surface area contributed by atoms with E-state index in [0.717, 1.165) is 17.5 Å². The van der Waals surface area contributed by atoms with Crippen molar-refractivity contribution in [2.24, 2.45) is 5.73 Å². The zero-order valence-electron chi connectivity index (χ0n) is 10.5. The van der Waals surface area contributed by atoms with Crippen molar-refractivity contribution in [2.75, 3.05) is 23.8 Å². The van der Waals surface area contributed by atoms with E-state index < -0.39 is 11.9 Å². The van der Waals surface area contributed by atoms with E-state index in [0.29, 0.717) is 6.42 Å². The molecule has 1 rings (SSSR count). The molecule has 0 saturated carbocycles. The summed E-state index contributed by atoms with van der Waals surface area (Å²) in [5, 5.41) is 18.5. The van der Waals surface area contributed by atoms with Gasteiger partial charge in [-0.1, -0.05) is 11.8 Å². The molecule has 10 heteroatoms. The van der Waals surface area contributed by atoms with Gasteiger partial charge in [0, 0.05) is 5.75 Å². The van der Waals surface area contributed by atoms with Crippen LogP contribution in [0.15, 0.2) is 0 Å². The standard InChI is InChI=1S/C8H11NO4S2.C2H5NO2/c10-6(3-14-4-7(11)12)9-5-1-2-15-8(5)13;3-1-2(4)5/h5H,1-4H2,(H,9,10)(H,11,12);1,3H2,(H,4,5). The Balaban J connectivity index is 0.000000621. The molecule has 0 aromatic carbocycles. The SMILES string of the molecule is NCC(=O)O.O=C(O)CSCC(=O)NC1CCSC1=O. The zero-order valence-corrected chi connectivity index (χ0v) is 12.2. The second-order valence-corrected chi connectivity index (χ2v) is 5.65. The van der Waals surface area contributed by atoms with Crippen LogP contribution in [0.2, 0.25) is 0 Å². The van der Waals surface area contributed by atoms with Crippen molar-refractivity contribution in [2.45, 2.75) is 12.5 Å². The number of aliphatic carboxylic acids is 2. The highest BCUT2D eigenvalue weighted by Gasteiger charge is 2.26. The number of hydrogen-bond acceptors (Lipinski definition) is 7. The average Bonchev–Trinajstić information content (AvgIpc) is 2.75. The van der Waals surface area contributed by atoms with Gasteiger partial charge in [-0.2, -0.15) is 0 Å². The maximum atomic E-state index is 11.2. The van der Waals surface area contributed by atoms with Gasteiger partial charge in [-0.25, -0.2) is 0 Å². The molecule has 1 heterocycles. The Kier molecular flexibility index (Phi) is 9.86. The normalized spacial score (nSPS) is 17.1. The minimum Gasteiger partial charge on any atom is -0.481 e. The monoisotopic (exact) mass is 324 g/mol. The summed E-state index contributed by atoms with van der Waals surface area (Å²) in [6, 6.07) is -0.382. The molecule has 5 N–H and O–H groups in total. The average molecular weight is 324 g/mol. The fourth-order valence-corrected chi connectivity index (χ4v) is 2.57. The van der Waals surface area contributed by atoms with E-state index >= 15 is 0 Å². The van der Waals surface area contributed by atoms with Gasteiger partial charge in [-0.3, -0.25) is 19.2 Å². The Morgan fingerprint density at radius 3 is 2.30 bits per heavy atom. The predicted octanol–water partition coefficient (Wildman–Crippen LogP) is -1.02. The fourth-order valence-electron chi connectivity index (χ4n) is 1.09. The molecule has 1 fully saturated rings. The molecule has 1 unspecified atom stereocenters. The second kappa shape index (κ2) is 10.5. The highest BCUT2D eigenvalue weighted by molar-refractivity contribution is 8.14. The number of thioether (sulfide) groups is 2. The summed E-state index contributed by atoms with van der Waals surface area (Å²) in [5.41, 5.74) is 4.57. The van der Waals surface area contributed by atoms with Crippen molar-refractivity contribution < 1.29 is 29.4 Å². The van der Waals surface area contributed by atoms with Gasteiger partial charge >= 0.3 is 11.9 Å². The third-order valence-corrected chi connectivity index (χ3v) is 3.83. The Morgan fingerprint density at radius 2 is 1.90 bits per heavy atom. The van der Waals surface area contributed by atoms with Crippen molar-refractivity contribution in [1.82, 2.24) is 5.32 Å². The smallest absolute Gasteiger partial charge is 0.317 e. The van der Waals surface area contributed by atoms with Gasteiger partial charge in [-0.15, -0.1) is 11.8 Å². The van der Waals surface area contributed by atoms with Crippen LogP contribution in [0.3, 0.4) is 0 Å². The lowest BCUT2D eigenvalue weighted by molar-refractivity contribution is -0.135. The lowest BCUT2D eigenvalue weighted by atomic mass is 10.2. The summed E-state index contributed by atoms with van der Waals surface area (Å²) in [6.07, 6.45) is 0.666. The van der Waals surface area contributed by atoms with E-state index in [2.05, 4.69) is 11.1 Å². The highest BCUT2D eigenvalue weighted by Crippen LogP contribution is 2.19. The second-order valence-electron chi connectivity index (χ2n) is 3.56. The Labute approximate surface area is 123 Å². The number of carboxylic acids is 2. The minimum atomic E-state index is -0.968. The van der Waals surface area contributed by atoms with Crippen LogP contribution in [0.5, 0.6) is 0 Å². The summed E-state index contributed by atoms with van der Waals surface area (Å²) < 4.78 is 0. The van der Waals surface area contributed by atoms with E-state index in [1.165, 1.54) is 11.8 Å². The summed E-state index contributed by atoms with van der Waals surface area (Å²) in [6.45, 7) is -0.278. The van der Waals surface area contributed by atoms with Crippen LogP contribution in [-0.2, 0) is 19.2 Å². The Morgan fingerprint density at radius 1 is 1.30 bits per heavy atom. The van der Waals surface area contributed by atoms with Gasteiger partial charge in [0.15, 0.2) is 0 Å². The van der Waals surface area contributed by atoms with Crippen LogP contribution in [0.4, 0.5) is 0 Å². The van der Waals surface area contributed by atoms with Crippen LogP contribution >= 0.6 is 23.5 Å². The Hall–Kier alpha value is -1.26. The molecule has 1 atom stereocenters. The first-order valence-electron chi connectivity index (χ1n) is 5.54. The lowest BCUT2D eigenvalue weighted by Crippen LogP contribution is -2.38. The molecule has 0 spiro atoms. The van der Waals surface area contributed by atoms with Crippen molar-refractivity contribution in [1.29, 1.82) is 0 Å². The number of carboxylic acid groups (broad SMARTS) is 2. The van der Waals surface area contributed by atoms with Crippen LogP contribution in [0, 0.1) is 0 Å². The van der Waals surface area contributed by atoms with Crippen molar-refractivity contribution in [3.05, 3.63) is 0 Å². The first kappa shape index (κ1) is 18.7. The van der Waals surface area contributed by atoms with E-state index in [1.807, 2.05) is 0 Å². The molecule has 1 amide bonds. The molecule has 0 aromatic heterocycles. The van der Waals surface area contributed by atoms with E-state index in [9.17, 15) is 19.2 Å². The number of carbonyl (C=O) groups excluding carboxylic acids is 2. The molecular formula is C10H16N2O6S2. The van der Waals surface area contributed by atoms with Gasteiger partial charge in [-0.05, 0) is 6.42 Å². The predicted molar refractivity (Wildman–Crippen MR) is 75.7 cm³/mol. The fraction of sp³-hybridized carbons (Fsp3) is 0.600. The van der Waals surface area contributed by atoms with E-state index in [1.54, 1.807) is 0 Å². The summed E-state index contributed by atoms with van der Waals surface area (Å²) in [7, 11) is 0. The topological polar surface area (TPSA) is 147 Å². The van der Waals surface area contributed by atoms with E-state index in [-0.39, 0.29) is 35.1 Å². The first-order valence-corrected chi connectivity index (χ1v) is 7.68. The lowest BCUT2D eigenvalue weighted by Gasteiger charge is -2.08. The maximum Gasteiger partial charge on any atom is 0.317 e. The zero-order chi connectivity index (χ0) is 15.5. The molecule has 114 valence electrons. The number of nitrogens with two attached hydrogens (primary N) is 1. The van der Waals surface area contributed by atoms with E-state index in [4.69, 9.17) is 10.2 Å². The summed E-state index contributed by atoms with van der Waals surface area (Å²) >= 11 is 2.25. The van der Waals surface area contributed by atoms with Crippen molar-refractivity contribution in [3.8, 4) is 0 Å². The molecule has 0 radical (unpaired) electrons. The molecule has 0 aromatic rings. The minimum absolute atomic E-state index is 0.00779. The maximum absolute atomic E-state index is 11.2. The van der Waals surface area contributed by atoms with Crippen LogP contribution in [0.25, 0.3) is 0 Å². The molecule has 0 aliphatic carbocycles. The molecular weight excluding hydrogens is 308 g/mol. The van der Waals surface area contributed by atoms with Crippen molar-refractivity contribution >= 4 is 46.5 Å². The van der Waals surface area contributed by atoms with Crippen LogP contribution < -0.4 is 11.1 Å². The third kappa shape index (κ3) is 9.64. The van der Waals surface area contributed by atoms with Crippen LogP contribution in [-0.4, -0.2) is 63.0 Å². The Bertz CT molecular complexity index is 377. The van der Waals surface area contributed by atoms with Gasteiger partial charge < -0.3 is 21.3 Å². The van der Waals surface area contributed by atoms with Gasteiger partial charge in [0.25, 0.3) is 0 Å². The van der Waals surface area contributed by atoms with Gasteiger partial charge in [0.05, 0.1) is 24.1 Å². The molecule has 1 aliphatic rings. The largest absolute Gasteiger partial charge is 0.481 e. The summed E-state index contributed by atoms with van der Waals surface area (Å²) in [4.78, 5) is 41.8. The first-order chi connectivity index (χ1) is 9.36. The number of rotatable bonds is 6. The van der Waals surface area contributed by atoms with Gasteiger partial charge in [0.2, 0.25) is 11.0 Å².